The highest BCUT2D eigenvalue weighted by atomic mass is 16.2. The summed E-state index contributed by atoms with van der Waals surface area (Å²) in [5, 5.41) is 3.09. The summed E-state index contributed by atoms with van der Waals surface area (Å²) in [6, 6.07) is 20.3. The van der Waals surface area contributed by atoms with Gasteiger partial charge in [-0.05, 0) is 69.0 Å². The first-order valence-electron chi connectivity index (χ1n) is 11.3. The second-order valence-electron chi connectivity index (χ2n) is 8.66. The zero-order valence-corrected chi connectivity index (χ0v) is 18.6. The molecule has 2 aromatic heterocycles. The Bertz CT molecular complexity index is 1250. The molecule has 0 radical (unpaired) electrons. The lowest BCUT2D eigenvalue weighted by molar-refractivity contribution is 0.102. The first kappa shape index (κ1) is 20.3. The fourth-order valence-electron chi connectivity index (χ4n) is 4.38. The van der Waals surface area contributed by atoms with Crippen LogP contribution >= 0.6 is 0 Å². The van der Waals surface area contributed by atoms with Gasteiger partial charge in [0.15, 0.2) is 0 Å². The number of nitrogens with zero attached hydrogens (tertiary/aromatic N) is 3. The molecule has 0 bridgehead atoms. The van der Waals surface area contributed by atoms with Crippen molar-refractivity contribution in [2.24, 2.45) is 0 Å². The largest absolute Gasteiger partial charge is 0.372 e. The van der Waals surface area contributed by atoms with Crippen molar-refractivity contribution in [2.75, 3.05) is 23.3 Å². The molecule has 1 N–H and O–H groups in total. The van der Waals surface area contributed by atoms with E-state index >= 15 is 0 Å². The second kappa shape index (κ2) is 8.50. The third-order valence-corrected chi connectivity index (χ3v) is 6.15. The van der Waals surface area contributed by atoms with Crippen LogP contribution in [-0.2, 0) is 0 Å². The number of pyridine rings is 1. The van der Waals surface area contributed by atoms with E-state index in [2.05, 4.69) is 29.3 Å². The Morgan fingerprint density at radius 1 is 0.844 bits per heavy atom. The van der Waals surface area contributed by atoms with Crippen molar-refractivity contribution in [3.63, 3.8) is 0 Å². The Hall–Kier alpha value is -3.60. The number of rotatable bonds is 4. The smallest absolute Gasteiger partial charge is 0.274 e. The van der Waals surface area contributed by atoms with E-state index in [-0.39, 0.29) is 5.91 Å². The predicted molar refractivity (Wildman–Crippen MR) is 131 cm³/mol. The van der Waals surface area contributed by atoms with E-state index in [1.807, 2.05) is 66.1 Å². The van der Waals surface area contributed by atoms with Crippen LogP contribution in [0.3, 0.4) is 0 Å². The summed E-state index contributed by atoms with van der Waals surface area (Å²) in [5.74, 6) is -0.163. The van der Waals surface area contributed by atoms with Gasteiger partial charge in [-0.2, -0.15) is 0 Å². The summed E-state index contributed by atoms with van der Waals surface area (Å²) < 4.78 is 1.89. The monoisotopic (exact) mass is 424 g/mol. The number of fused-ring (bicyclic) bond motifs is 1. The van der Waals surface area contributed by atoms with Gasteiger partial charge in [0.25, 0.3) is 5.91 Å². The van der Waals surface area contributed by atoms with E-state index in [1.165, 1.54) is 30.5 Å². The van der Waals surface area contributed by atoms with E-state index < -0.39 is 0 Å². The Morgan fingerprint density at radius 2 is 1.53 bits per heavy atom. The zero-order valence-electron chi connectivity index (χ0n) is 18.6. The van der Waals surface area contributed by atoms with Gasteiger partial charge in [0.2, 0.25) is 0 Å². The van der Waals surface area contributed by atoms with Gasteiger partial charge in [-0.25, -0.2) is 4.98 Å². The van der Waals surface area contributed by atoms with Crippen LogP contribution in [0.15, 0.2) is 66.9 Å². The molecule has 0 spiro atoms. The van der Waals surface area contributed by atoms with Crippen molar-refractivity contribution in [1.82, 2.24) is 9.38 Å². The number of carbonyl (C=O) groups is 1. The molecule has 1 amide bonds. The molecule has 0 atom stereocenters. The topological polar surface area (TPSA) is 49.6 Å². The fraction of sp³-hybridized carbons (Fsp3) is 0.259. The number of amides is 1. The molecular formula is C27H28N4O. The Kier molecular flexibility index (Phi) is 5.39. The van der Waals surface area contributed by atoms with Crippen molar-refractivity contribution >= 4 is 22.9 Å². The fourth-order valence-corrected chi connectivity index (χ4v) is 4.38. The lowest BCUT2D eigenvalue weighted by atomic mass is 10.1. The SMILES string of the molecule is Cc1ccc(-c2nc3ccc(C)cn3c2C(=O)Nc2ccc(N3CCCCC3)cc2)cc1. The van der Waals surface area contributed by atoms with Gasteiger partial charge < -0.3 is 10.2 Å². The van der Waals surface area contributed by atoms with Crippen LogP contribution in [0.4, 0.5) is 11.4 Å². The molecule has 1 fully saturated rings. The van der Waals surface area contributed by atoms with Gasteiger partial charge in [-0.3, -0.25) is 9.20 Å². The average molecular weight is 425 g/mol. The minimum Gasteiger partial charge on any atom is -0.372 e. The molecule has 5 nitrogen and oxygen atoms in total. The van der Waals surface area contributed by atoms with Gasteiger partial charge >= 0.3 is 0 Å². The van der Waals surface area contributed by atoms with Crippen molar-refractivity contribution < 1.29 is 4.79 Å². The number of carbonyl (C=O) groups excluding carboxylic acids is 1. The number of hydrogen-bond donors (Lipinski definition) is 1. The Labute approximate surface area is 188 Å². The van der Waals surface area contributed by atoms with Gasteiger partial charge in [-0.15, -0.1) is 0 Å². The first-order valence-corrected chi connectivity index (χ1v) is 11.3. The Balaban J connectivity index is 1.48. The van der Waals surface area contributed by atoms with Gasteiger partial charge in [-0.1, -0.05) is 35.9 Å². The van der Waals surface area contributed by atoms with Crippen LogP contribution in [-0.4, -0.2) is 28.4 Å². The molecule has 162 valence electrons. The van der Waals surface area contributed by atoms with Crippen LogP contribution in [0.1, 0.15) is 40.9 Å². The average Bonchev–Trinajstić information content (AvgIpc) is 3.19. The van der Waals surface area contributed by atoms with E-state index in [4.69, 9.17) is 4.98 Å². The van der Waals surface area contributed by atoms with E-state index in [1.54, 1.807) is 0 Å². The molecule has 1 aliphatic heterocycles. The highest BCUT2D eigenvalue weighted by Gasteiger charge is 2.21. The maximum Gasteiger partial charge on any atom is 0.274 e. The third-order valence-electron chi connectivity index (χ3n) is 6.15. The lowest BCUT2D eigenvalue weighted by Gasteiger charge is -2.28. The molecule has 0 saturated carbocycles. The number of benzene rings is 2. The Morgan fingerprint density at radius 3 is 2.25 bits per heavy atom. The minimum absolute atomic E-state index is 0.163. The lowest BCUT2D eigenvalue weighted by Crippen LogP contribution is -2.29. The van der Waals surface area contributed by atoms with Crippen molar-refractivity contribution in [2.45, 2.75) is 33.1 Å². The van der Waals surface area contributed by atoms with Crippen LogP contribution in [0.25, 0.3) is 16.9 Å². The first-order chi connectivity index (χ1) is 15.6. The zero-order chi connectivity index (χ0) is 22.1. The summed E-state index contributed by atoms with van der Waals surface area (Å²) in [4.78, 5) is 20.7. The second-order valence-corrected chi connectivity index (χ2v) is 8.66. The normalized spacial score (nSPS) is 14.0. The molecule has 1 aliphatic rings. The molecule has 3 heterocycles. The number of hydrogen-bond acceptors (Lipinski definition) is 3. The number of aryl methyl sites for hydroxylation is 2. The number of anilines is 2. The minimum atomic E-state index is -0.163. The maximum atomic E-state index is 13.5. The summed E-state index contributed by atoms with van der Waals surface area (Å²) in [6.45, 7) is 6.28. The molecule has 5 heteroatoms. The standard InChI is InChI=1S/C27H28N4O/c1-19-6-9-21(10-7-19)25-26(31-18-20(2)8-15-24(31)29-25)27(32)28-22-11-13-23(14-12-22)30-16-4-3-5-17-30/h6-15,18H,3-5,16-17H2,1-2H3,(H,28,32). The molecule has 1 saturated heterocycles. The van der Waals surface area contributed by atoms with Crippen LogP contribution in [0.2, 0.25) is 0 Å². The number of nitrogens with one attached hydrogen (secondary N) is 1. The number of imidazole rings is 1. The summed E-state index contributed by atoms with van der Waals surface area (Å²) in [5.41, 5.74) is 7.19. The predicted octanol–water partition coefficient (Wildman–Crippen LogP) is 5.86. The van der Waals surface area contributed by atoms with Crippen LogP contribution < -0.4 is 10.2 Å². The molecule has 2 aromatic carbocycles. The van der Waals surface area contributed by atoms with Gasteiger partial charge in [0, 0.05) is 36.2 Å². The van der Waals surface area contributed by atoms with Crippen LogP contribution in [0.5, 0.6) is 0 Å². The number of aromatic nitrogens is 2. The van der Waals surface area contributed by atoms with E-state index in [0.717, 1.165) is 35.6 Å². The molecule has 32 heavy (non-hydrogen) atoms. The van der Waals surface area contributed by atoms with Crippen molar-refractivity contribution in [1.29, 1.82) is 0 Å². The molecular weight excluding hydrogens is 396 g/mol. The summed E-state index contributed by atoms with van der Waals surface area (Å²) in [7, 11) is 0. The molecule has 0 unspecified atom stereocenters. The van der Waals surface area contributed by atoms with Gasteiger partial charge in [0.1, 0.15) is 17.0 Å². The summed E-state index contributed by atoms with van der Waals surface area (Å²) in [6.07, 6.45) is 5.77. The van der Waals surface area contributed by atoms with Gasteiger partial charge in [0.05, 0.1) is 0 Å². The van der Waals surface area contributed by atoms with Crippen molar-refractivity contribution in [3.05, 3.63) is 83.7 Å². The molecule has 0 aliphatic carbocycles. The quantitative estimate of drug-likeness (QED) is 0.446. The molecule has 4 aromatic rings. The van der Waals surface area contributed by atoms with E-state index in [0.29, 0.717) is 11.4 Å². The number of piperidine rings is 1. The van der Waals surface area contributed by atoms with E-state index in [9.17, 15) is 4.79 Å². The third kappa shape index (κ3) is 3.98. The highest BCUT2D eigenvalue weighted by Crippen LogP contribution is 2.27. The maximum absolute atomic E-state index is 13.5. The van der Waals surface area contributed by atoms with Crippen molar-refractivity contribution in [3.8, 4) is 11.3 Å². The highest BCUT2D eigenvalue weighted by molar-refractivity contribution is 6.07. The van der Waals surface area contributed by atoms with Crippen LogP contribution in [0, 0.1) is 13.8 Å². The summed E-state index contributed by atoms with van der Waals surface area (Å²) >= 11 is 0. The molecule has 5 rings (SSSR count).